The molecule has 0 N–H and O–H groups in total. The molecule has 4 rings (SSSR count). The summed E-state index contributed by atoms with van der Waals surface area (Å²) in [7, 11) is 1.91. The second-order valence-corrected chi connectivity index (χ2v) is 12.2. The van der Waals surface area contributed by atoms with Crippen molar-refractivity contribution in [3.8, 4) is 5.75 Å². The first-order valence-electron chi connectivity index (χ1n) is 12.7. The zero-order chi connectivity index (χ0) is 25.7. The van der Waals surface area contributed by atoms with Crippen LogP contribution in [0.25, 0.3) is 0 Å². The highest BCUT2D eigenvalue weighted by molar-refractivity contribution is 7.12. The third kappa shape index (κ3) is 6.90. The minimum Gasteiger partial charge on any atom is -0.493 e. The number of carbonyl (C=O) groups is 1. The van der Waals surface area contributed by atoms with E-state index in [2.05, 4.69) is 36.9 Å². The number of ether oxygens (including phenoxy) is 1. The molecule has 1 saturated heterocycles. The van der Waals surface area contributed by atoms with Gasteiger partial charge in [0.1, 0.15) is 5.75 Å². The highest BCUT2D eigenvalue weighted by Crippen LogP contribution is 2.37. The first kappa shape index (κ1) is 26.7. The van der Waals surface area contributed by atoms with Crippen LogP contribution in [0.5, 0.6) is 5.75 Å². The molecule has 1 atom stereocenters. The van der Waals surface area contributed by atoms with Crippen molar-refractivity contribution in [2.24, 2.45) is 5.41 Å². The van der Waals surface area contributed by atoms with Crippen molar-refractivity contribution >= 4 is 28.8 Å². The Hall–Kier alpha value is -2.34. The summed E-state index contributed by atoms with van der Waals surface area (Å²) in [5.74, 6) is 0.974. The van der Waals surface area contributed by atoms with Gasteiger partial charge in [0, 0.05) is 53.3 Å². The number of thiophene rings is 1. The second-order valence-electron chi connectivity index (χ2n) is 10.4. The van der Waals surface area contributed by atoms with E-state index < -0.39 is 0 Å². The van der Waals surface area contributed by atoms with Crippen LogP contribution < -0.4 is 4.74 Å². The summed E-state index contributed by atoms with van der Waals surface area (Å²) in [4.78, 5) is 20.6. The van der Waals surface area contributed by atoms with E-state index in [1.165, 1.54) is 15.3 Å². The Labute approximate surface area is 224 Å². The summed E-state index contributed by atoms with van der Waals surface area (Å²) in [6.45, 7) is 10.3. The molecule has 2 heterocycles. The van der Waals surface area contributed by atoms with Gasteiger partial charge in [0.15, 0.2) is 0 Å². The molecule has 0 radical (unpaired) electrons. The fourth-order valence-corrected chi connectivity index (χ4v) is 6.24. The first-order chi connectivity index (χ1) is 17.2. The van der Waals surface area contributed by atoms with E-state index in [4.69, 9.17) is 16.3 Å². The number of hydrogen-bond donors (Lipinski definition) is 0. The highest BCUT2D eigenvalue weighted by atomic mass is 35.5. The molecule has 0 unspecified atom stereocenters. The number of rotatable bonds is 9. The van der Waals surface area contributed by atoms with Gasteiger partial charge in [0.2, 0.25) is 5.91 Å². The number of nitrogens with zero attached hydrogens (tertiary/aromatic N) is 2. The van der Waals surface area contributed by atoms with Crippen molar-refractivity contribution in [2.75, 3.05) is 26.7 Å². The third-order valence-corrected chi connectivity index (χ3v) is 8.60. The summed E-state index contributed by atoms with van der Waals surface area (Å²) < 4.78 is 6.36. The van der Waals surface area contributed by atoms with Gasteiger partial charge in [0.05, 0.1) is 6.61 Å². The molecule has 36 heavy (non-hydrogen) atoms. The van der Waals surface area contributed by atoms with Gasteiger partial charge in [-0.3, -0.25) is 9.69 Å². The zero-order valence-corrected chi connectivity index (χ0v) is 23.4. The molecular weight excluding hydrogens is 488 g/mol. The number of amides is 1. The Morgan fingerprint density at radius 3 is 2.61 bits per heavy atom. The van der Waals surface area contributed by atoms with Crippen LogP contribution in [0, 0.1) is 26.2 Å². The lowest BCUT2D eigenvalue weighted by molar-refractivity contribution is -0.135. The monoisotopic (exact) mass is 524 g/mol. The number of halogens is 1. The molecule has 0 saturated carbocycles. The largest absolute Gasteiger partial charge is 0.493 e. The van der Waals surface area contributed by atoms with Crippen molar-refractivity contribution in [1.82, 2.24) is 9.80 Å². The van der Waals surface area contributed by atoms with Crippen LogP contribution in [0.4, 0.5) is 0 Å². The molecule has 1 aliphatic heterocycles. The number of hydrogen-bond acceptors (Lipinski definition) is 4. The first-order valence-corrected chi connectivity index (χ1v) is 13.9. The van der Waals surface area contributed by atoms with E-state index in [0.29, 0.717) is 19.6 Å². The normalized spacial score (nSPS) is 18.2. The summed E-state index contributed by atoms with van der Waals surface area (Å²) in [5.41, 5.74) is 3.29. The summed E-state index contributed by atoms with van der Waals surface area (Å²) in [5, 5.41) is 0.736. The maximum atomic E-state index is 13.5. The van der Waals surface area contributed by atoms with Crippen LogP contribution in [0.1, 0.15) is 45.7 Å². The van der Waals surface area contributed by atoms with E-state index in [1.807, 2.05) is 66.6 Å². The molecular formula is C30H37ClN2O2S. The summed E-state index contributed by atoms with van der Waals surface area (Å²) >= 11 is 8.09. The molecule has 6 heteroatoms. The standard InChI is InChI=1S/C30H37ClN2O2S/c1-22-15-27(11-12-28(22)31)35-21-30(17-29(34)32(4)18-25-9-6-5-7-10-25)13-8-14-33(20-30)19-26-16-23(2)36-24(26)3/h5-7,9-12,15-16H,8,13-14,17-21H2,1-4H3/t30-/m0/s1. The molecule has 1 fully saturated rings. The van der Waals surface area contributed by atoms with Crippen molar-refractivity contribution < 1.29 is 9.53 Å². The van der Waals surface area contributed by atoms with Crippen molar-refractivity contribution in [1.29, 1.82) is 0 Å². The van der Waals surface area contributed by atoms with Crippen LogP contribution in [-0.4, -0.2) is 42.5 Å². The average molecular weight is 525 g/mol. The smallest absolute Gasteiger partial charge is 0.223 e. The van der Waals surface area contributed by atoms with Crippen molar-refractivity contribution in [3.63, 3.8) is 0 Å². The van der Waals surface area contributed by atoms with Gasteiger partial charge >= 0.3 is 0 Å². The molecule has 1 amide bonds. The molecule has 0 bridgehead atoms. The van der Waals surface area contributed by atoms with Gasteiger partial charge in [-0.05, 0) is 81.1 Å². The van der Waals surface area contributed by atoms with Crippen LogP contribution in [0.15, 0.2) is 54.6 Å². The Kier molecular flexibility index (Phi) is 8.76. The van der Waals surface area contributed by atoms with E-state index >= 15 is 0 Å². The lowest BCUT2D eigenvalue weighted by atomic mass is 9.77. The number of likely N-dealkylation sites (tertiary alicyclic amines) is 1. The van der Waals surface area contributed by atoms with Crippen LogP contribution in [0.2, 0.25) is 5.02 Å². The van der Waals surface area contributed by atoms with Gasteiger partial charge in [-0.1, -0.05) is 41.9 Å². The summed E-state index contributed by atoms with van der Waals surface area (Å²) in [6, 6.07) is 18.3. The van der Waals surface area contributed by atoms with Crippen LogP contribution >= 0.6 is 22.9 Å². The molecule has 0 spiro atoms. The molecule has 0 aliphatic carbocycles. The molecule has 192 valence electrons. The van der Waals surface area contributed by atoms with E-state index in [-0.39, 0.29) is 11.3 Å². The second kappa shape index (κ2) is 11.8. The fraction of sp³-hybridized carbons (Fsp3) is 0.433. The summed E-state index contributed by atoms with van der Waals surface area (Å²) in [6.07, 6.45) is 2.50. The fourth-order valence-electron chi connectivity index (χ4n) is 5.18. The molecule has 3 aromatic rings. The minimum atomic E-state index is -0.243. The predicted molar refractivity (Wildman–Crippen MR) is 150 cm³/mol. The van der Waals surface area contributed by atoms with Crippen LogP contribution in [-0.2, 0) is 17.9 Å². The quantitative estimate of drug-likeness (QED) is 0.301. The topological polar surface area (TPSA) is 32.8 Å². The molecule has 2 aromatic carbocycles. The Balaban J connectivity index is 1.51. The Morgan fingerprint density at radius 1 is 1.14 bits per heavy atom. The zero-order valence-electron chi connectivity index (χ0n) is 21.9. The van der Waals surface area contributed by atoms with Gasteiger partial charge in [-0.25, -0.2) is 0 Å². The van der Waals surface area contributed by atoms with Gasteiger partial charge in [0.25, 0.3) is 0 Å². The average Bonchev–Trinajstić information content (AvgIpc) is 3.17. The number of aryl methyl sites for hydroxylation is 3. The maximum Gasteiger partial charge on any atom is 0.223 e. The van der Waals surface area contributed by atoms with Gasteiger partial charge < -0.3 is 9.64 Å². The third-order valence-electron chi connectivity index (χ3n) is 7.17. The van der Waals surface area contributed by atoms with Crippen LogP contribution in [0.3, 0.4) is 0 Å². The molecule has 1 aliphatic rings. The molecule has 1 aromatic heterocycles. The predicted octanol–water partition coefficient (Wildman–Crippen LogP) is 7.04. The highest BCUT2D eigenvalue weighted by Gasteiger charge is 2.39. The number of carbonyl (C=O) groups excluding carboxylic acids is 1. The van der Waals surface area contributed by atoms with Gasteiger partial charge in [-0.15, -0.1) is 11.3 Å². The number of piperidine rings is 1. The number of benzene rings is 2. The SMILES string of the molecule is Cc1cc(CN2CCC[C@](COc3ccc(Cl)c(C)c3)(CC(=O)N(C)Cc3ccccc3)C2)c(C)s1. The van der Waals surface area contributed by atoms with Gasteiger partial charge in [-0.2, -0.15) is 0 Å². The van der Waals surface area contributed by atoms with E-state index in [0.717, 1.165) is 54.4 Å². The van der Waals surface area contributed by atoms with E-state index in [9.17, 15) is 4.79 Å². The van der Waals surface area contributed by atoms with Crippen molar-refractivity contribution in [3.05, 3.63) is 86.1 Å². The Morgan fingerprint density at radius 2 is 1.92 bits per heavy atom. The lowest BCUT2D eigenvalue weighted by Crippen LogP contribution is -2.48. The van der Waals surface area contributed by atoms with Crippen molar-refractivity contribution in [2.45, 2.75) is 53.1 Å². The Bertz CT molecular complexity index is 1180. The van der Waals surface area contributed by atoms with E-state index in [1.54, 1.807) is 0 Å². The lowest BCUT2D eigenvalue weighted by Gasteiger charge is -2.43. The minimum absolute atomic E-state index is 0.166. The maximum absolute atomic E-state index is 13.5. The molecule has 4 nitrogen and oxygen atoms in total.